The summed E-state index contributed by atoms with van der Waals surface area (Å²) in [5, 5.41) is 3.77. The molecular weight excluding hydrogens is 198 g/mol. The van der Waals surface area contributed by atoms with E-state index in [0.717, 1.165) is 25.6 Å². The average Bonchev–Trinajstić information content (AvgIpc) is 3.05. The molecule has 3 rings (SSSR count). The Labute approximate surface area is 97.0 Å². The van der Waals surface area contributed by atoms with E-state index in [1.54, 1.807) is 0 Å². The predicted molar refractivity (Wildman–Crippen MR) is 64.3 cm³/mol. The lowest BCUT2D eigenvalue weighted by Crippen LogP contribution is -2.34. The minimum absolute atomic E-state index is 0.549. The summed E-state index contributed by atoms with van der Waals surface area (Å²) >= 11 is 0. The van der Waals surface area contributed by atoms with Crippen molar-refractivity contribution in [2.24, 2.45) is 5.92 Å². The van der Waals surface area contributed by atoms with Gasteiger partial charge in [-0.3, -0.25) is 0 Å². The Balaban J connectivity index is 1.71. The lowest BCUT2D eigenvalue weighted by Gasteiger charge is -2.22. The van der Waals surface area contributed by atoms with Crippen LogP contribution in [0, 0.1) is 5.92 Å². The quantitative estimate of drug-likeness (QED) is 0.836. The van der Waals surface area contributed by atoms with E-state index in [4.69, 9.17) is 4.74 Å². The average molecular weight is 217 g/mol. The van der Waals surface area contributed by atoms with Crippen molar-refractivity contribution < 1.29 is 4.74 Å². The van der Waals surface area contributed by atoms with Gasteiger partial charge in [0, 0.05) is 18.7 Å². The third-order valence-corrected chi connectivity index (χ3v) is 3.60. The Morgan fingerprint density at radius 1 is 1.12 bits per heavy atom. The molecule has 1 heterocycles. The molecule has 2 nitrogen and oxygen atoms in total. The molecule has 2 fully saturated rings. The van der Waals surface area contributed by atoms with E-state index in [2.05, 4.69) is 35.6 Å². The van der Waals surface area contributed by atoms with Crippen molar-refractivity contribution in [3.05, 3.63) is 35.9 Å². The molecule has 0 amide bonds. The molecule has 1 saturated carbocycles. The smallest absolute Gasteiger partial charge is 0.0620 e. The third kappa shape index (κ3) is 2.28. The minimum atomic E-state index is 0.549. The molecule has 0 bridgehead atoms. The van der Waals surface area contributed by atoms with Gasteiger partial charge < -0.3 is 10.1 Å². The highest BCUT2D eigenvalue weighted by atomic mass is 16.5. The van der Waals surface area contributed by atoms with Crippen LogP contribution in [0.25, 0.3) is 0 Å². The molecule has 1 aromatic rings. The summed E-state index contributed by atoms with van der Waals surface area (Å²) in [6.45, 7) is 1.81. The summed E-state index contributed by atoms with van der Waals surface area (Å²) in [4.78, 5) is 0. The van der Waals surface area contributed by atoms with E-state index < -0.39 is 0 Å². The zero-order valence-electron chi connectivity index (χ0n) is 9.56. The molecule has 2 heteroatoms. The van der Waals surface area contributed by atoms with Crippen molar-refractivity contribution in [2.45, 2.75) is 31.3 Å². The first-order chi connectivity index (χ1) is 7.93. The Kier molecular flexibility index (Phi) is 2.94. The number of nitrogens with one attached hydrogen (secondary N) is 1. The second-order valence-electron chi connectivity index (χ2n) is 4.95. The number of benzene rings is 1. The Hall–Kier alpha value is -0.860. The van der Waals surface area contributed by atoms with Crippen molar-refractivity contribution in [3.8, 4) is 0 Å². The highest BCUT2D eigenvalue weighted by molar-refractivity contribution is 5.21. The fourth-order valence-electron chi connectivity index (χ4n) is 2.51. The van der Waals surface area contributed by atoms with E-state index in [9.17, 15) is 0 Å². The Bertz CT molecular complexity index is 328. The fourth-order valence-corrected chi connectivity index (χ4v) is 2.51. The Morgan fingerprint density at radius 2 is 1.94 bits per heavy atom. The van der Waals surface area contributed by atoms with E-state index >= 15 is 0 Å². The van der Waals surface area contributed by atoms with Gasteiger partial charge in [0.1, 0.15) is 0 Å². The van der Waals surface area contributed by atoms with Gasteiger partial charge in [-0.2, -0.15) is 0 Å². The number of ether oxygens (including phenoxy) is 1. The largest absolute Gasteiger partial charge is 0.380 e. The van der Waals surface area contributed by atoms with Gasteiger partial charge >= 0.3 is 0 Å². The van der Waals surface area contributed by atoms with Crippen molar-refractivity contribution >= 4 is 0 Å². The van der Waals surface area contributed by atoms with Crippen LogP contribution in [0.3, 0.4) is 0 Å². The third-order valence-electron chi connectivity index (χ3n) is 3.60. The topological polar surface area (TPSA) is 21.3 Å². The molecule has 2 aliphatic rings. The van der Waals surface area contributed by atoms with E-state index in [1.165, 1.54) is 18.4 Å². The van der Waals surface area contributed by atoms with Crippen molar-refractivity contribution in [1.29, 1.82) is 0 Å². The van der Waals surface area contributed by atoms with Gasteiger partial charge in [-0.25, -0.2) is 0 Å². The molecular formula is C14H19NO. The summed E-state index contributed by atoms with van der Waals surface area (Å²) in [5.41, 5.74) is 1.44. The van der Waals surface area contributed by atoms with Gasteiger partial charge in [-0.1, -0.05) is 30.3 Å². The van der Waals surface area contributed by atoms with Gasteiger partial charge in [0.15, 0.2) is 0 Å². The van der Waals surface area contributed by atoms with Crippen molar-refractivity contribution in [3.63, 3.8) is 0 Å². The lowest BCUT2D eigenvalue weighted by atomic mass is 10.0. The predicted octanol–water partition coefficient (Wildman–Crippen LogP) is 2.52. The molecule has 86 valence electrons. The van der Waals surface area contributed by atoms with Crippen molar-refractivity contribution in [1.82, 2.24) is 5.32 Å². The first kappa shape index (κ1) is 10.3. The number of rotatable bonds is 4. The fraction of sp³-hybridized carbons (Fsp3) is 0.571. The summed E-state index contributed by atoms with van der Waals surface area (Å²) in [6, 6.07) is 12.0. The first-order valence-corrected chi connectivity index (χ1v) is 6.32. The van der Waals surface area contributed by atoms with Crippen molar-refractivity contribution in [2.75, 3.05) is 13.2 Å². The normalized spacial score (nSPS) is 26.9. The van der Waals surface area contributed by atoms with Crippen LogP contribution in [0.2, 0.25) is 0 Å². The van der Waals surface area contributed by atoms with Gasteiger partial charge in [-0.05, 0) is 30.7 Å². The molecule has 0 radical (unpaired) electrons. The molecule has 1 aliphatic carbocycles. The molecule has 2 unspecified atom stereocenters. The molecule has 1 aliphatic heterocycles. The zero-order chi connectivity index (χ0) is 10.8. The highest BCUT2D eigenvalue weighted by Gasteiger charge is 2.34. The summed E-state index contributed by atoms with van der Waals surface area (Å²) in [5.74, 6) is 0.850. The SMILES string of the molecule is c1ccc(C(NC2CCOC2)C2CC2)cc1. The second-order valence-corrected chi connectivity index (χ2v) is 4.95. The molecule has 1 aromatic carbocycles. The Morgan fingerprint density at radius 3 is 2.56 bits per heavy atom. The molecule has 2 atom stereocenters. The zero-order valence-corrected chi connectivity index (χ0v) is 9.56. The minimum Gasteiger partial charge on any atom is -0.380 e. The lowest BCUT2D eigenvalue weighted by molar-refractivity contribution is 0.187. The maximum absolute atomic E-state index is 5.43. The van der Waals surface area contributed by atoms with Crippen LogP contribution in [-0.2, 0) is 4.74 Å². The van der Waals surface area contributed by atoms with Gasteiger partial charge in [0.25, 0.3) is 0 Å². The van der Waals surface area contributed by atoms with Crippen LogP contribution < -0.4 is 5.32 Å². The molecule has 16 heavy (non-hydrogen) atoms. The van der Waals surface area contributed by atoms with E-state index in [0.29, 0.717) is 12.1 Å². The summed E-state index contributed by atoms with van der Waals surface area (Å²) in [6.07, 6.45) is 3.91. The monoisotopic (exact) mass is 217 g/mol. The molecule has 1 N–H and O–H groups in total. The van der Waals surface area contributed by atoms with Crippen LogP contribution in [-0.4, -0.2) is 19.3 Å². The van der Waals surface area contributed by atoms with Gasteiger partial charge in [0.05, 0.1) is 6.61 Å². The van der Waals surface area contributed by atoms with Crippen LogP contribution in [0.4, 0.5) is 0 Å². The van der Waals surface area contributed by atoms with E-state index in [-0.39, 0.29) is 0 Å². The van der Waals surface area contributed by atoms with Gasteiger partial charge in [-0.15, -0.1) is 0 Å². The van der Waals surface area contributed by atoms with Crippen LogP contribution in [0.5, 0.6) is 0 Å². The number of hydrogen-bond acceptors (Lipinski definition) is 2. The molecule has 1 saturated heterocycles. The standard InChI is InChI=1S/C14H19NO/c1-2-4-11(5-3-1)14(12-6-7-12)15-13-8-9-16-10-13/h1-5,12-15H,6-10H2. The maximum atomic E-state index is 5.43. The summed E-state index contributed by atoms with van der Waals surface area (Å²) < 4.78 is 5.43. The number of hydrogen-bond donors (Lipinski definition) is 1. The van der Waals surface area contributed by atoms with Gasteiger partial charge in [0.2, 0.25) is 0 Å². The second kappa shape index (κ2) is 4.56. The van der Waals surface area contributed by atoms with Crippen LogP contribution >= 0.6 is 0 Å². The molecule has 0 spiro atoms. The van der Waals surface area contributed by atoms with Crippen LogP contribution in [0.1, 0.15) is 30.9 Å². The van der Waals surface area contributed by atoms with E-state index in [1.807, 2.05) is 0 Å². The maximum Gasteiger partial charge on any atom is 0.0620 e. The highest BCUT2D eigenvalue weighted by Crippen LogP contribution is 2.41. The molecule has 0 aromatic heterocycles. The summed E-state index contributed by atoms with van der Waals surface area (Å²) in [7, 11) is 0. The van der Waals surface area contributed by atoms with Crippen LogP contribution in [0.15, 0.2) is 30.3 Å². The first-order valence-electron chi connectivity index (χ1n) is 6.32.